The number of hydrogen-bond donors (Lipinski definition) is 1. The van der Waals surface area contributed by atoms with Gasteiger partial charge in [0, 0.05) is 25.5 Å². The van der Waals surface area contributed by atoms with E-state index in [1.807, 2.05) is 49.5 Å². The molecule has 0 amide bonds. The van der Waals surface area contributed by atoms with Gasteiger partial charge in [-0.2, -0.15) is 0 Å². The van der Waals surface area contributed by atoms with Crippen LogP contribution in [0.4, 0.5) is 0 Å². The minimum absolute atomic E-state index is 0.225. The molecule has 2 aromatic rings. The largest absolute Gasteiger partial charge is 0.469 e. The molecule has 1 aromatic heterocycles. The Balaban J connectivity index is 2.00. The van der Waals surface area contributed by atoms with Gasteiger partial charge in [-0.25, -0.2) is 0 Å². The summed E-state index contributed by atoms with van der Waals surface area (Å²) >= 11 is 0. The molecule has 4 heteroatoms. The number of carbonyl (C=O) groups excluding carboxylic acids is 1. The van der Waals surface area contributed by atoms with E-state index in [1.165, 1.54) is 12.7 Å². The monoisotopic (exact) mass is 284 g/mol. The molecule has 0 spiro atoms. The lowest BCUT2D eigenvalue weighted by Crippen LogP contribution is -2.27. The predicted octanol–water partition coefficient (Wildman–Crippen LogP) is 2.44. The number of aryl methyl sites for hydroxylation is 1. The van der Waals surface area contributed by atoms with E-state index in [2.05, 4.69) is 10.3 Å². The normalized spacial score (nSPS) is 11.9. The molecule has 1 unspecified atom stereocenters. The molecule has 0 saturated heterocycles. The highest BCUT2D eigenvalue weighted by molar-refractivity contribution is 5.78. The van der Waals surface area contributed by atoms with E-state index in [9.17, 15) is 4.79 Å². The molecular formula is C17H20N2O2. The van der Waals surface area contributed by atoms with Gasteiger partial charge in [0.15, 0.2) is 0 Å². The third-order valence-corrected chi connectivity index (χ3v) is 3.50. The quantitative estimate of drug-likeness (QED) is 0.828. The Morgan fingerprint density at radius 2 is 2.05 bits per heavy atom. The number of aromatic nitrogens is 1. The molecule has 21 heavy (non-hydrogen) atoms. The van der Waals surface area contributed by atoms with Crippen LogP contribution in [0.1, 0.15) is 22.6 Å². The number of nitrogens with one attached hydrogen (secondary N) is 1. The Morgan fingerprint density at radius 1 is 1.29 bits per heavy atom. The van der Waals surface area contributed by atoms with E-state index in [0.717, 1.165) is 11.1 Å². The summed E-state index contributed by atoms with van der Waals surface area (Å²) in [6.07, 6.45) is 3.62. The second-order valence-corrected chi connectivity index (χ2v) is 4.92. The lowest BCUT2D eigenvalue weighted by Gasteiger charge is -2.16. The summed E-state index contributed by atoms with van der Waals surface area (Å²) in [7, 11) is 1.42. The van der Waals surface area contributed by atoms with Gasteiger partial charge in [0.05, 0.1) is 13.0 Å². The molecule has 1 N–H and O–H groups in total. The Bertz CT molecular complexity index is 584. The third-order valence-electron chi connectivity index (χ3n) is 3.50. The van der Waals surface area contributed by atoms with Crippen LogP contribution in [-0.4, -0.2) is 24.6 Å². The van der Waals surface area contributed by atoms with Crippen molar-refractivity contribution in [2.45, 2.75) is 19.4 Å². The van der Waals surface area contributed by atoms with E-state index in [0.29, 0.717) is 13.1 Å². The van der Waals surface area contributed by atoms with Crippen LogP contribution in [0.5, 0.6) is 0 Å². The van der Waals surface area contributed by atoms with Crippen molar-refractivity contribution < 1.29 is 9.53 Å². The first-order valence-corrected chi connectivity index (χ1v) is 6.95. The van der Waals surface area contributed by atoms with Gasteiger partial charge in [-0.15, -0.1) is 0 Å². The number of benzene rings is 1. The van der Waals surface area contributed by atoms with Crippen LogP contribution in [0.25, 0.3) is 0 Å². The molecule has 110 valence electrons. The van der Waals surface area contributed by atoms with Crippen molar-refractivity contribution in [1.82, 2.24) is 10.3 Å². The number of pyridine rings is 1. The molecular weight excluding hydrogens is 264 g/mol. The maximum atomic E-state index is 11.9. The van der Waals surface area contributed by atoms with Crippen LogP contribution in [0.15, 0.2) is 48.8 Å². The number of esters is 1. The van der Waals surface area contributed by atoms with E-state index in [1.54, 1.807) is 6.20 Å². The number of carbonyl (C=O) groups is 1. The molecule has 0 aliphatic carbocycles. The predicted molar refractivity (Wildman–Crippen MR) is 81.9 cm³/mol. The van der Waals surface area contributed by atoms with Crippen LogP contribution in [0.3, 0.4) is 0 Å². The fourth-order valence-electron chi connectivity index (χ4n) is 2.20. The Hall–Kier alpha value is -2.20. The zero-order valence-electron chi connectivity index (χ0n) is 12.4. The standard InChI is InChI=1S/C17H20N2O2/c1-13-8-9-18-10-15(13)11-19-12-16(17(20)21-2)14-6-4-3-5-7-14/h3-10,16,19H,11-12H2,1-2H3. The molecule has 0 radical (unpaired) electrons. The van der Waals surface area contributed by atoms with Crippen molar-refractivity contribution in [2.24, 2.45) is 0 Å². The van der Waals surface area contributed by atoms with Gasteiger partial charge in [-0.3, -0.25) is 9.78 Å². The lowest BCUT2D eigenvalue weighted by molar-refractivity contribution is -0.142. The average Bonchev–Trinajstić information content (AvgIpc) is 2.53. The summed E-state index contributed by atoms with van der Waals surface area (Å²) in [5.41, 5.74) is 3.28. The summed E-state index contributed by atoms with van der Waals surface area (Å²) in [4.78, 5) is 16.1. The Kier molecular flexibility index (Phi) is 5.46. The van der Waals surface area contributed by atoms with Crippen LogP contribution >= 0.6 is 0 Å². The van der Waals surface area contributed by atoms with Gasteiger partial charge in [0.1, 0.15) is 0 Å². The molecule has 2 rings (SSSR count). The van der Waals surface area contributed by atoms with E-state index < -0.39 is 0 Å². The first-order chi connectivity index (χ1) is 10.2. The average molecular weight is 284 g/mol. The minimum Gasteiger partial charge on any atom is -0.469 e. The van der Waals surface area contributed by atoms with Crippen LogP contribution < -0.4 is 5.32 Å². The van der Waals surface area contributed by atoms with Gasteiger partial charge >= 0.3 is 5.97 Å². The maximum absolute atomic E-state index is 11.9. The summed E-state index contributed by atoms with van der Waals surface area (Å²) in [5, 5.41) is 3.32. The highest BCUT2D eigenvalue weighted by Crippen LogP contribution is 2.16. The molecule has 1 aromatic carbocycles. The zero-order chi connectivity index (χ0) is 15.1. The number of methoxy groups -OCH3 is 1. The molecule has 0 saturated carbocycles. The molecule has 1 atom stereocenters. The second-order valence-electron chi connectivity index (χ2n) is 4.92. The van der Waals surface area contributed by atoms with Crippen LogP contribution in [0.2, 0.25) is 0 Å². The smallest absolute Gasteiger partial charge is 0.314 e. The molecule has 0 aliphatic rings. The van der Waals surface area contributed by atoms with E-state index in [-0.39, 0.29) is 11.9 Å². The fraction of sp³-hybridized carbons (Fsp3) is 0.294. The molecule has 4 nitrogen and oxygen atoms in total. The zero-order valence-corrected chi connectivity index (χ0v) is 12.4. The van der Waals surface area contributed by atoms with Crippen molar-refractivity contribution >= 4 is 5.97 Å². The van der Waals surface area contributed by atoms with Crippen molar-refractivity contribution in [1.29, 1.82) is 0 Å². The van der Waals surface area contributed by atoms with E-state index in [4.69, 9.17) is 4.74 Å². The first-order valence-electron chi connectivity index (χ1n) is 6.95. The second kappa shape index (κ2) is 7.55. The van der Waals surface area contributed by atoms with Crippen molar-refractivity contribution in [2.75, 3.05) is 13.7 Å². The summed E-state index contributed by atoms with van der Waals surface area (Å²) in [6, 6.07) is 11.7. The van der Waals surface area contributed by atoms with Gasteiger partial charge in [-0.1, -0.05) is 30.3 Å². The van der Waals surface area contributed by atoms with Crippen LogP contribution in [0, 0.1) is 6.92 Å². The topological polar surface area (TPSA) is 51.2 Å². The van der Waals surface area contributed by atoms with Gasteiger partial charge in [-0.05, 0) is 29.7 Å². The van der Waals surface area contributed by atoms with Gasteiger partial charge in [0.2, 0.25) is 0 Å². The summed E-state index contributed by atoms with van der Waals surface area (Å²) in [5.74, 6) is -0.523. The summed E-state index contributed by atoms with van der Waals surface area (Å²) in [6.45, 7) is 3.26. The Morgan fingerprint density at radius 3 is 2.71 bits per heavy atom. The van der Waals surface area contributed by atoms with E-state index >= 15 is 0 Å². The molecule has 0 fully saturated rings. The van der Waals surface area contributed by atoms with Crippen molar-refractivity contribution in [3.05, 3.63) is 65.5 Å². The maximum Gasteiger partial charge on any atom is 0.314 e. The minimum atomic E-state index is -0.298. The first kappa shape index (κ1) is 15.2. The van der Waals surface area contributed by atoms with Gasteiger partial charge in [0.25, 0.3) is 0 Å². The highest BCUT2D eigenvalue weighted by atomic mass is 16.5. The van der Waals surface area contributed by atoms with Crippen LogP contribution in [-0.2, 0) is 16.1 Å². The van der Waals surface area contributed by atoms with Crippen molar-refractivity contribution in [3.8, 4) is 0 Å². The SMILES string of the molecule is COC(=O)C(CNCc1cnccc1C)c1ccccc1. The highest BCUT2D eigenvalue weighted by Gasteiger charge is 2.20. The molecule has 0 aliphatic heterocycles. The third kappa shape index (κ3) is 4.13. The molecule has 0 bridgehead atoms. The summed E-state index contributed by atoms with van der Waals surface area (Å²) < 4.78 is 4.90. The Labute approximate surface area is 125 Å². The number of nitrogens with zero attached hydrogens (tertiary/aromatic N) is 1. The number of ether oxygens (including phenoxy) is 1. The van der Waals surface area contributed by atoms with Gasteiger partial charge < -0.3 is 10.1 Å². The van der Waals surface area contributed by atoms with Crippen molar-refractivity contribution in [3.63, 3.8) is 0 Å². The molecule has 1 heterocycles. The lowest BCUT2D eigenvalue weighted by atomic mass is 9.99. The number of rotatable bonds is 6. The fourth-order valence-corrected chi connectivity index (χ4v) is 2.20. The number of hydrogen-bond acceptors (Lipinski definition) is 4.